The molecule has 0 aromatic carbocycles. The molecule has 1 heterocycles. The van der Waals surface area contributed by atoms with E-state index in [1.807, 2.05) is 13.8 Å². The molecule has 1 rings (SSSR count). The molecular weight excluding hydrogens is 218 g/mol. The maximum Gasteiger partial charge on any atom is 0.311 e. The summed E-state index contributed by atoms with van der Waals surface area (Å²) in [5, 5.41) is 14.2. The number of aliphatic hydroxyl groups is 1. The molecule has 4 nitrogen and oxygen atoms in total. The number of methoxy groups -OCH3 is 1. The summed E-state index contributed by atoms with van der Waals surface area (Å²) in [5.41, 5.74) is -0.929. The molecule has 1 saturated heterocycles. The Bertz CT molecular complexity index is 267. The van der Waals surface area contributed by atoms with Crippen molar-refractivity contribution < 1.29 is 14.6 Å². The number of ether oxygens (including phenoxy) is 1. The quantitative estimate of drug-likeness (QED) is 0.728. The molecule has 0 aliphatic carbocycles. The third-order valence-corrected chi connectivity index (χ3v) is 3.95. The normalized spacial score (nSPS) is 31.3. The Morgan fingerprint density at radius 3 is 2.71 bits per heavy atom. The third kappa shape index (κ3) is 2.80. The number of piperidine rings is 1. The van der Waals surface area contributed by atoms with Crippen LogP contribution in [0.5, 0.6) is 0 Å². The molecule has 1 aliphatic rings. The van der Waals surface area contributed by atoms with Gasteiger partial charge in [0.15, 0.2) is 0 Å². The Morgan fingerprint density at radius 1 is 1.59 bits per heavy atom. The zero-order valence-electron chi connectivity index (χ0n) is 11.3. The van der Waals surface area contributed by atoms with Crippen LogP contribution in [-0.4, -0.2) is 36.9 Å². The van der Waals surface area contributed by atoms with Crippen molar-refractivity contribution >= 4 is 5.97 Å². The first-order chi connectivity index (χ1) is 7.97. The van der Waals surface area contributed by atoms with Crippen LogP contribution in [0.2, 0.25) is 0 Å². The molecule has 0 amide bonds. The van der Waals surface area contributed by atoms with Crippen LogP contribution >= 0.6 is 0 Å². The second kappa shape index (κ2) is 5.83. The second-order valence-electron chi connectivity index (χ2n) is 5.30. The lowest BCUT2D eigenvalue weighted by molar-refractivity contribution is -0.169. The topological polar surface area (TPSA) is 58.6 Å². The van der Waals surface area contributed by atoms with Crippen LogP contribution in [0.4, 0.5) is 0 Å². The van der Waals surface area contributed by atoms with Crippen LogP contribution < -0.4 is 5.32 Å². The first kappa shape index (κ1) is 14.5. The number of hydrogen-bond acceptors (Lipinski definition) is 4. The molecule has 0 spiro atoms. The maximum absolute atomic E-state index is 11.9. The zero-order valence-corrected chi connectivity index (χ0v) is 11.3. The van der Waals surface area contributed by atoms with E-state index in [0.717, 1.165) is 19.5 Å². The summed E-state index contributed by atoms with van der Waals surface area (Å²) >= 11 is 0. The first-order valence-electron chi connectivity index (χ1n) is 6.48. The smallest absolute Gasteiger partial charge is 0.311 e. The van der Waals surface area contributed by atoms with Crippen molar-refractivity contribution in [2.24, 2.45) is 17.8 Å². The number of carbonyl (C=O) groups excluding carboxylic acids is 1. The van der Waals surface area contributed by atoms with E-state index >= 15 is 0 Å². The standard InChI is InChI=1S/C13H25NO3/c1-5-10-8-14-7-6-13(10,16)11(9(2)3)12(15)17-4/h9-11,14,16H,5-8H2,1-4H3. The molecular formula is C13H25NO3. The molecule has 1 aliphatic heterocycles. The Labute approximate surface area is 104 Å². The molecule has 0 saturated carbocycles. The van der Waals surface area contributed by atoms with Gasteiger partial charge in [-0.25, -0.2) is 0 Å². The van der Waals surface area contributed by atoms with E-state index in [2.05, 4.69) is 12.2 Å². The maximum atomic E-state index is 11.9. The van der Waals surface area contributed by atoms with Gasteiger partial charge >= 0.3 is 5.97 Å². The summed E-state index contributed by atoms with van der Waals surface area (Å²) in [6.07, 6.45) is 1.48. The lowest BCUT2D eigenvalue weighted by Gasteiger charge is -2.45. The van der Waals surface area contributed by atoms with Gasteiger partial charge in [-0.1, -0.05) is 20.8 Å². The van der Waals surface area contributed by atoms with Gasteiger partial charge in [-0.05, 0) is 25.3 Å². The van der Waals surface area contributed by atoms with Gasteiger partial charge in [0.25, 0.3) is 0 Å². The molecule has 4 heteroatoms. The molecule has 3 unspecified atom stereocenters. The van der Waals surface area contributed by atoms with Crippen LogP contribution in [-0.2, 0) is 9.53 Å². The monoisotopic (exact) mass is 243 g/mol. The van der Waals surface area contributed by atoms with Gasteiger partial charge in [0.1, 0.15) is 0 Å². The zero-order chi connectivity index (χ0) is 13.1. The van der Waals surface area contributed by atoms with E-state index in [-0.39, 0.29) is 17.8 Å². The minimum Gasteiger partial charge on any atom is -0.469 e. The highest BCUT2D eigenvalue weighted by Crippen LogP contribution is 2.38. The van der Waals surface area contributed by atoms with Crippen LogP contribution in [0.3, 0.4) is 0 Å². The highest BCUT2D eigenvalue weighted by molar-refractivity contribution is 5.74. The van der Waals surface area contributed by atoms with Crippen molar-refractivity contribution in [1.29, 1.82) is 0 Å². The minimum absolute atomic E-state index is 0.0830. The van der Waals surface area contributed by atoms with Crippen molar-refractivity contribution in [3.8, 4) is 0 Å². The number of nitrogens with one attached hydrogen (secondary N) is 1. The summed E-state index contributed by atoms with van der Waals surface area (Å²) in [4.78, 5) is 11.9. The van der Waals surface area contributed by atoms with Crippen molar-refractivity contribution in [3.05, 3.63) is 0 Å². The fourth-order valence-electron chi connectivity index (χ4n) is 3.03. The average Bonchev–Trinajstić information content (AvgIpc) is 2.28. The predicted molar refractivity (Wildman–Crippen MR) is 66.6 cm³/mol. The molecule has 3 atom stereocenters. The molecule has 100 valence electrons. The largest absolute Gasteiger partial charge is 0.469 e. The summed E-state index contributed by atoms with van der Waals surface area (Å²) in [5.74, 6) is -0.523. The predicted octanol–water partition coefficient (Wildman–Crippen LogP) is 1.18. The van der Waals surface area contributed by atoms with Crippen LogP contribution in [0.1, 0.15) is 33.6 Å². The molecule has 0 aromatic rings. The van der Waals surface area contributed by atoms with Gasteiger partial charge in [0.2, 0.25) is 0 Å². The number of rotatable bonds is 4. The van der Waals surface area contributed by atoms with E-state index in [9.17, 15) is 9.90 Å². The molecule has 0 bridgehead atoms. The Hall–Kier alpha value is -0.610. The lowest BCUT2D eigenvalue weighted by atomic mass is 9.68. The Kier molecular flexibility index (Phi) is 4.95. The fraction of sp³-hybridized carbons (Fsp3) is 0.923. The van der Waals surface area contributed by atoms with Gasteiger partial charge in [0, 0.05) is 12.5 Å². The van der Waals surface area contributed by atoms with Crippen LogP contribution in [0, 0.1) is 17.8 Å². The van der Waals surface area contributed by atoms with Gasteiger partial charge in [-0.3, -0.25) is 4.79 Å². The highest BCUT2D eigenvalue weighted by Gasteiger charge is 2.49. The van der Waals surface area contributed by atoms with E-state index in [0.29, 0.717) is 6.42 Å². The van der Waals surface area contributed by atoms with Gasteiger partial charge in [0.05, 0.1) is 18.6 Å². The average molecular weight is 243 g/mol. The van der Waals surface area contributed by atoms with Crippen molar-refractivity contribution in [1.82, 2.24) is 5.32 Å². The second-order valence-corrected chi connectivity index (χ2v) is 5.30. The summed E-state index contributed by atoms with van der Waals surface area (Å²) in [7, 11) is 1.39. The number of esters is 1. The SMILES string of the molecule is CCC1CNCCC1(O)C(C(=O)OC)C(C)C. The van der Waals surface area contributed by atoms with Crippen molar-refractivity contribution in [2.75, 3.05) is 20.2 Å². The van der Waals surface area contributed by atoms with E-state index in [1.54, 1.807) is 0 Å². The summed E-state index contributed by atoms with van der Waals surface area (Å²) in [6.45, 7) is 7.51. The summed E-state index contributed by atoms with van der Waals surface area (Å²) in [6, 6.07) is 0. The minimum atomic E-state index is -0.929. The van der Waals surface area contributed by atoms with Gasteiger partial charge in [-0.2, -0.15) is 0 Å². The Morgan fingerprint density at radius 2 is 2.24 bits per heavy atom. The van der Waals surface area contributed by atoms with Crippen LogP contribution in [0.15, 0.2) is 0 Å². The van der Waals surface area contributed by atoms with Gasteiger partial charge in [-0.15, -0.1) is 0 Å². The van der Waals surface area contributed by atoms with E-state index in [4.69, 9.17) is 4.74 Å². The first-order valence-corrected chi connectivity index (χ1v) is 6.48. The molecule has 0 radical (unpaired) electrons. The molecule has 17 heavy (non-hydrogen) atoms. The van der Waals surface area contributed by atoms with E-state index in [1.165, 1.54) is 7.11 Å². The fourth-order valence-corrected chi connectivity index (χ4v) is 3.03. The summed E-state index contributed by atoms with van der Waals surface area (Å²) < 4.78 is 4.87. The van der Waals surface area contributed by atoms with Crippen molar-refractivity contribution in [3.63, 3.8) is 0 Å². The van der Waals surface area contributed by atoms with Gasteiger partial charge < -0.3 is 15.2 Å². The van der Waals surface area contributed by atoms with Crippen molar-refractivity contribution in [2.45, 2.75) is 39.2 Å². The third-order valence-electron chi connectivity index (χ3n) is 3.95. The number of hydrogen-bond donors (Lipinski definition) is 2. The highest BCUT2D eigenvalue weighted by atomic mass is 16.5. The lowest BCUT2D eigenvalue weighted by Crippen LogP contribution is -2.58. The molecule has 2 N–H and O–H groups in total. The van der Waals surface area contributed by atoms with E-state index < -0.39 is 11.5 Å². The molecule has 0 aromatic heterocycles. The van der Waals surface area contributed by atoms with Crippen LogP contribution in [0.25, 0.3) is 0 Å². The number of carbonyl (C=O) groups is 1. The molecule has 1 fully saturated rings. The Balaban J connectivity index is 2.99.